The maximum atomic E-state index is 12.6. The van der Waals surface area contributed by atoms with E-state index >= 15 is 0 Å². The van der Waals surface area contributed by atoms with E-state index < -0.39 is 0 Å². The molecule has 23 heavy (non-hydrogen) atoms. The van der Waals surface area contributed by atoms with Gasteiger partial charge >= 0.3 is 0 Å². The van der Waals surface area contributed by atoms with Gasteiger partial charge in [-0.15, -0.1) is 0 Å². The molecule has 0 radical (unpaired) electrons. The topological polar surface area (TPSA) is 48.1 Å². The van der Waals surface area contributed by atoms with Gasteiger partial charge in [-0.3, -0.25) is 4.79 Å². The molecule has 0 unspecified atom stereocenters. The standard InChI is InChI=1S/C19H21N3O/c1-12-5-10-16-13(2)18(21-17(16)11-12)19(23)20-14-6-8-15(9-7-14)22(3)4/h5-11,21H,1-4H3,(H,20,23). The summed E-state index contributed by atoms with van der Waals surface area (Å²) < 4.78 is 0. The third-order valence-electron chi connectivity index (χ3n) is 4.08. The first-order chi connectivity index (χ1) is 11.0. The molecule has 0 aliphatic rings. The molecule has 4 nitrogen and oxygen atoms in total. The van der Waals surface area contributed by atoms with E-state index in [1.54, 1.807) is 0 Å². The van der Waals surface area contributed by atoms with Crippen LogP contribution >= 0.6 is 0 Å². The summed E-state index contributed by atoms with van der Waals surface area (Å²) >= 11 is 0. The van der Waals surface area contributed by atoms with Crippen LogP contribution in [0.2, 0.25) is 0 Å². The molecule has 0 saturated carbocycles. The van der Waals surface area contributed by atoms with Crippen molar-refractivity contribution in [3.8, 4) is 0 Å². The van der Waals surface area contributed by atoms with Gasteiger partial charge in [0.2, 0.25) is 0 Å². The average molecular weight is 307 g/mol. The fraction of sp³-hybridized carbons (Fsp3) is 0.211. The maximum absolute atomic E-state index is 12.6. The maximum Gasteiger partial charge on any atom is 0.272 e. The Morgan fingerprint density at radius 1 is 1.04 bits per heavy atom. The smallest absolute Gasteiger partial charge is 0.272 e. The molecule has 4 heteroatoms. The van der Waals surface area contributed by atoms with Crippen molar-refractivity contribution >= 4 is 28.2 Å². The summed E-state index contributed by atoms with van der Waals surface area (Å²) in [5.74, 6) is -0.117. The molecule has 0 spiro atoms. The SMILES string of the molecule is Cc1ccc2c(C)c(C(=O)Nc3ccc(N(C)C)cc3)[nH]c2c1. The Labute approximate surface area is 136 Å². The number of aryl methyl sites for hydroxylation is 2. The van der Waals surface area contributed by atoms with Crippen molar-refractivity contribution in [1.29, 1.82) is 0 Å². The van der Waals surface area contributed by atoms with Gasteiger partial charge in [-0.2, -0.15) is 0 Å². The van der Waals surface area contributed by atoms with Crippen LogP contribution in [0.5, 0.6) is 0 Å². The average Bonchev–Trinajstić information content (AvgIpc) is 2.84. The van der Waals surface area contributed by atoms with E-state index in [9.17, 15) is 4.79 Å². The number of carbonyl (C=O) groups excluding carboxylic acids is 1. The lowest BCUT2D eigenvalue weighted by atomic mass is 10.1. The van der Waals surface area contributed by atoms with Gasteiger partial charge < -0.3 is 15.2 Å². The fourth-order valence-electron chi connectivity index (χ4n) is 2.72. The summed E-state index contributed by atoms with van der Waals surface area (Å²) in [5.41, 5.74) is 5.64. The van der Waals surface area contributed by atoms with Crippen molar-refractivity contribution in [3.63, 3.8) is 0 Å². The van der Waals surface area contributed by atoms with Gasteiger partial charge in [0.05, 0.1) is 0 Å². The van der Waals surface area contributed by atoms with Crippen LogP contribution in [0.3, 0.4) is 0 Å². The molecule has 1 heterocycles. The van der Waals surface area contributed by atoms with Gasteiger partial charge in [0.25, 0.3) is 5.91 Å². The Morgan fingerprint density at radius 3 is 2.39 bits per heavy atom. The summed E-state index contributed by atoms with van der Waals surface area (Å²) in [6, 6.07) is 14.0. The highest BCUT2D eigenvalue weighted by atomic mass is 16.1. The summed E-state index contributed by atoms with van der Waals surface area (Å²) in [6.45, 7) is 4.01. The molecule has 2 aromatic carbocycles. The molecule has 0 bridgehead atoms. The van der Waals surface area contributed by atoms with Crippen molar-refractivity contribution < 1.29 is 4.79 Å². The Hall–Kier alpha value is -2.75. The van der Waals surface area contributed by atoms with Crippen molar-refractivity contribution in [3.05, 3.63) is 59.3 Å². The summed E-state index contributed by atoms with van der Waals surface area (Å²) in [4.78, 5) is 17.8. The number of benzene rings is 2. The number of rotatable bonds is 3. The van der Waals surface area contributed by atoms with Crippen molar-refractivity contribution in [2.75, 3.05) is 24.3 Å². The third kappa shape index (κ3) is 2.93. The van der Waals surface area contributed by atoms with E-state index in [0.717, 1.165) is 27.8 Å². The predicted molar refractivity (Wildman–Crippen MR) is 96.5 cm³/mol. The molecule has 118 valence electrons. The van der Waals surface area contributed by atoms with Crippen LogP contribution in [0.15, 0.2) is 42.5 Å². The lowest BCUT2D eigenvalue weighted by molar-refractivity contribution is 0.102. The van der Waals surface area contributed by atoms with E-state index in [1.807, 2.05) is 57.1 Å². The summed E-state index contributed by atoms with van der Waals surface area (Å²) in [5, 5.41) is 4.04. The highest BCUT2D eigenvalue weighted by Crippen LogP contribution is 2.24. The first-order valence-electron chi connectivity index (χ1n) is 7.63. The molecule has 0 aliphatic carbocycles. The first kappa shape index (κ1) is 15.2. The Bertz CT molecular complexity index is 860. The molecule has 0 atom stereocenters. The molecule has 1 amide bonds. The lowest BCUT2D eigenvalue weighted by Crippen LogP contribution is -2.14. The molecule has 3 aromatic rings. The number of aromatic nitrogens is 1. The Balaban J connectivity index is 1.87. The predicted octanol–water partition coefficient (Wildman–Crippen LogP) is 4.10. The quantitative estimate of drug-likeness (QED) is 0.765. The number of nitrogens with zero attached hydrogens (tertiary/aromatic N) is 1. The van der Waals surface area contributed by atoms with Gasteiger partial charge in [-0.1, -0.05) is 12.1 Å². The van der Waals surface area contributed by atoms with Crippen LogP contribution in [0.1, 0.15) is 21.6 Å². The molecule has 0 saturated heterocycles. The van der Waals surface area contributed by atoms with E-state index in [1.165, 1.54) is 5.56 Å². The number of fused-ring (bicyclic) bond motifs is 1. The zero-order valence-electron chi connectivity index (χ0n) is 13.9. The monoisotopic (exact) mass is 307 g/mol. The minimum atomic E-state index is -0.117. The second-order valence-corrected chi connectivity index (χ2v) is 6.07. The van der Waals surface area contributed by atoms with Gasteiger partial charge in [0.15, 0.2) is 0 Å². The van der Waals surface area contributed by atoms with Crippen molar-refractivity contribution in [2.45, 2.75) is 13.8 Å². The summed E-state index contributed by atoms with van der Waals surface area (Å²) in [7, 11) is 3.98. The van der Waals surface area contributed by atoms with Crippen LogP contribution in [0.25, 0.3) is 10.9 Å². The van der Waals surface area contributed by atoms with E-state index in [2.05, 4.69) is 28.5 Å². The largest absolute Gasteiger partial charge is 0.378 e. The van der Waals surface area contributed by atoms with Gasteiger partial charge in [0, 0.05) is 36.4 Å². The highest BCUT2D eigenvalue weighted by Gasteiger charge is 2.15. The number of hydrogen-bond acceptors (Lipinski definition) is 2. The van der Waals surface area contributed by atoms with Crippen LogP contribution in [-0.4, -0.2) is 25.0 Å². The van der Waals surface area contributed by atoms with Crippen molar-refractivity contribution in [1.82, 2.24) is 4.98 Å². The molecular formula is C19H21N3O. The van der Waals surface area contributed by atoms with E-state index in [0.29, 0.717) is 5.69 Å². The fourth-order valence-corrected chi connectivity index (χ4v) is 2.72. The first-order valence-corrected chi connectivity index (χ1v) is 7.63. The van der Waals surface area contributed by atoms with Crippen molar-refractivity contribution in [2.24, 2.45) is 0 Å². The Morgan fingerprint density at radius 2 is 1.74 bits per heavy atom. The molecule has 3 rings (SSSR count). The zero-order chi connectivity index (χ0) is 16.6. The number of anilines is 2. The number of hydrogen-bond donors (Lipinski definition) is 2. The normalized spacial score (nSPS) is 10.8. The third-order valence-corrected chi connectivity index (χ3v) is 4.08. The molecule has 0 fully saturated rings. The zero-order valence-corrected chi connectivity index (χ0v) is 13.9. The van der Waals surface area contributed by atoms with Crippen LogP contribution in [0.4, 0.5) is 11.4 Å². The minimum absolute atomic E-state index is 0.117. The van der Waals surface area contributed by atoms with E-state index in [4.69, 9.17) is 0 Å². The lowest BCUT2D eigenvalue weighted by Gasteiger charge is -2.13. The van der Waals surface area contributed by atoms with E-state index in [-0.39, 0.29) is 5.91 Å². The van der Waals surface area contributed by atoms with Gasteiger partial charge in [-0.05, 0) is 55.3 Å². The molecule has 2 N–H and O–H groups in total. The Kier molecular flexibility index (Phi) is 3.82. The molecule has 1 aromatic heterocycles. The summed E-state index contributed by atoms with van der Waals surface area (Å²) in [6.07, 6.45) is 0. The number of H-pyrrole nitrogens is 1. The highest BCUT2D eigenvalue weighted by molar-refractivity contribution is 6.07. The molecule has 0 aliphatic heterocycles. The van der Waals surface area contributed by atoms with Gasteiger partial charge in [-0.25, -0.2) is 0 Å². The second-order valence-electron chi connectivity index (χ2n) is 6.07. The van der Waals surface area contributed by atoms with Crippen LogP contribution in [0, 0.1) is 13.8 Å². The second kappa shape index (κ2) is 5.80. The number of carbonyl (C=O) groups is 1. The van der Waals surface area contributed by atoms with Crippen LogP contribution in [-0.2, 0) is 0 Å². The number of aromatic amines is 1. The number of nitrogens with one attached hydrogen (secondary N) is 2. The molecular weight excluding hydrogens is 286 g/mol. The van der Waals surface area contributed by atoms with Crippen LogP contribution < -0.4 is 10.2 Å². The van der Waals surface area contributed by atoms with Gasteiger partial charge in [0.1, 0.15) is 5.69 Å². The minimum Gasteiger partial charge on any atom is -0.378 e. The number of amides is 1.